The van der Waals surface area contributed by atoms with Crippen molar-refractivity contribution >= 4 is 27.5 Å². The molecule has 2 amide bonds. The SMILES string of the molecule is CC[C@H](C(=O)NC)N(Cc1ccccc1C)C(=O)CCCN(c1ccc(C)cc1)S(C)(=O)=O. The predicted molar refractivity (Wildman–Crippen MR) is 132 cm³/mol. The number of nitrogens with one attached hydrogen (secondary N) is 1. The fraction of sp³-hybridized carbons (Fsp3) is 0.440. The van der Waals surface area contributed by atoms with Crippen LogP contribution < -0.4 is 9.62 Å². The molecule has 2 rings (SSSR count). The van der Waals surface area contributed by atoms with Crippen molar-refractivity contribution in [1.29, 1.82) is 0 Å². The summed E-state index contributed by atoms with van der Waals surface area (Å²) in [4.78, 5) is 27.4. The summed E-state index contributed by atoms with van der Waals surface area (Å²) >= 11 is 0. The van der Waals surface area contributed by atoms with E-state index in [1.807, 2.05) is 57.2 Å². The smallest absolute Gasteiger partial charge is 0.242 e. The lowest BCUT2D eigenvalue weighted by atomic mass is 10.1. The van der Waals surface area contributed by atoms with Crippen LogP contribution >= 0.6 is 0 Å². The largest absolute Gasteiger partial charge is 0.357 e. The molecule has 0 fully saturated rings. The van der Waals surface area contributed by atoms with E-state index in [2.05, 4.69) is 5.32 Å². The maximum atomic E-state index is 13.3. The maximum absolute atomic E-state index is 13.3. The van der Waals surface area contributed by atoms with E-state index < -0.39 is 16.1 Å². The number of carbonyl (C=O) groups is 2. The first-order valence-electron chi connectivity index (χ1n) is 11.2. The Balaban J connectivity index is 2.19. The zero-order valence-corrected chi connectivity index (χ0v) is 21.0. The summed E-state index contributed by atoms with van der Waals surface area (Å²) in [6, 6.07) is 14.4. The van der Waals surface area contributed by atoms with Crippen molar-refractivity contribution in [2.75, 3.05) is 24.2 Å². The molecule has 0 aromatic heterocycles. The number of likely N-dealkylation sites (N-methyl/N-ethyl adjacent to an activating group) is 1. The monoisotopic (exact) mass is 473 g/mol. The fourth-order valence-corrected chi connectivity index (χ4v) is 4.74. The van der Waals surface area contributed by atoms with E-state index in [-0.39, 0.29) is 24.8 Å². The second kappa shape index (κ2) is 11.8. The van der Waals surface area contributed by atoms with E-state index in [0.717, 1.165) is 22.9 Å². The molecule has 180 valence electrons. The number of rotatable bonds is 11. The number of nitrogens with zero attached hydrogens (tertiary/aromatic N) is 2. The maximum Gasteiger partial charge on any atom is 0.242 e. The Morgan fingerprint density at radius 2 is 1.67 bits per heavy atom. The van der Waals surface area contributed by atoms with Gasteiger partial charge in [0.25, 0.3) is 0 Å². The fourth-order valence-electron chi connectivity index (χ4n) is 3.77. The highest BCUT2D eigenvalue weighted by molar-refractivity contribution is 7.92. The Bertz CT molecular complexity index is 1050. The van der Waals surface area contributed by atoms with Gasteiger partial charge in [-0.25, -0.2) is 8.42 Å². The molecule has 33 heavy (non-hydrogen) atoms. The van der Waals surface area contributed by atoms with E-state index in [4.69, 9.17) is 0 Å². The molecular weight excluding hydrogens is 438 g/mol. The molecule has 8 heteroatoms. The standard InChI is InChI=1S/C25H35N3O4S/c1-6-23(25(30)26-4)27(18-21-11-8-7-10-20(21)3)24(29)12-9-17-28(33(5,31)32)22-15-13-19(2)14-16-22/h7-8,10-11,13-16,23H,6,9,12,17-18H2,1-5H3,(H,26,30)/t23-/m1/s1. The predicted octanol–water partition coefficient (Wildman–Crippen LogP) is 3.40. The van der Waals surface area contributed by atoms with Crippen LogP contribution in [-0.4, -0.2) is 51.0 Å². The van der Waals surface area contributed by atoms with Gasteiger partial charge in [0.2, 0.25) is 21.8 Å². The minimum atomic E-state index is -3.50. The lowest BCUT2D eigenvalue weighted by molar-refractivity contribution is -0.141. The van der Waals surface area contributed by atoms with Gasteiger partial charge in [0.1, 0.15) is 6.04 Å². The molecule has 0 radical (unpaired) electrons. The van der Waals surface area contributed by atoms with Crippen LogP contribution in [0, 0.1) is 13.8 Å². The first kappa shape index (κ1) is 26.4. The summed E-state index contributed by atoms with van der Waals surface area (Å²) in [6.45, 7) is 6.30. The van der Waals surface area contributed by atoms with Crippen molar-refractivity contribution in [2.24, 2.45) is 0 Å². The molecule has 0 unspecified atom stereocenters. The van der Waals surface area contributed by atoms with E-state index in [0.29, 0.717) is 25.1 Å². The third-order valence-electron chi connectivity index (χ3n) is 5.71. The van der Waals surface area contributed by atoms with Gasteiger partial charge in [-0.3, -0.25) is 13.9 Å². The number of hydrogen-bond donors (Lipinski definition) is 1. The molecule has 0 saturated carbocycles. The van der Waals surface area contributed by atoms with E-state index in [1.165, 1.54) is 4.31 Å². The molecule has 1 atom stereocenters. The van der Waals surface area contributed by atoms with Gasteiger partial charge < -0.3 is 10.2 Å². The first-order valence-corrected chi connectivity index (χ1v) is 13.0. The van der Waals surface area contributed by atoms with Gasteiger partial charge in [-0.1, -0.05) is 48.9 Å². The minimum absolute atomic E-state index is 0.136. The number of anilines is 1. The molecule has 7 nitrogen and oxygen atoms in total. The molecule has 0 saturated heterocycles. The molecule has 2 aromatic carbocycles. The lowest BCUT2D eigenvalue weighted by Gasteiger charge is -2.31. The summed E-state index contributed by atoms with van der Waals surface area (Å²) < 4.78 is 26.1. The summed E-state index contributed by atoms with van der Waals surface area (Å²) in [5.74, 6) is -0.386. The Hall–Kier alpha value is -2.87. The highest BCUT2D eigenvalue weighted by Gasteiger charge is 2.28. The highest BCUT2D eigenvalue weighted by atomic mass is 32.2. The van der Waals surface area contributed by atoms with Crippen LogP contribution in [-0.2, 0) is 26.2 Å². The summed E-state index contributed by atoms with van der Waals surface area (Å²) in [5, 5.41) is 2.65. The quantitative estimate of drug-likeness (QED) is 0.542. The zero-order chi connectivity index (χ0) is 24.6. The molecule has 1 N–H and O–H groups in total. The van der Waals surface area contributed by atoms with E-state index in [1.54, 1.807) is 24.1 Å². The topological polar surface area (TPSA) is 86.8 Å². The van der Waals surface area contributed by atoms with Crippen molar-refractivity contribution in [3.63, 3.8) is 0 Å². The second-order valence-electron chi connectivity index (χ2n) is 8.26. The summed E-state index contributed by atoms with van der Waals surface area (Å²) in [7, 11) is -1.93. The second-order valence-corrected chi connectivity index (χ2v) is 10.2. The van der Waals surface area contributed by atoms with Crippen molar-refractivity contribution in [3.05, 3.63) is 65.2 Å². The number of hydrogen-bond acceptors (Lipinski definition) is 4. The van der Waals surface area contributed by atoms with Crippen LogP contribution in [0.1, 0.15) is 42.9 Å². The molecule has 0 spiro atoms. The Kier molecular flexibility index (Phi) is 9.46. The molecule has 2 aromatic rings. The zero-order valence-electron chi connectivity index (χ0n) is 20.2. The molecular formula is C25H35N3O4S. The Morgan fingerprint density at radius 1 is 1.03 bits per heavy atom. The van der Waals surface area contributed by atoms with E-state index >= 15 is 0 Å². The van der Waals surface area contributed by atoms with Crippen molar-refractivity contribution in [3.8, 4) is 0 Å². The van der Waals surface area contributed by atoms with Crippen molar-refractivity contribution in [2.45, 2.75) is 52.6 Å². The van der Waals surface area contributed by atoms with Crippen LogP contribution in [0.4, 0.5) is 5.69 Å². The normalized spacial score (nSPS) is 12.2. The van der Waals surface area contributed by atoms with Gasteiger partial charge in [-0.2, -0.15) is 0 Å². The van der Waals surface area contributed by atoms with Crippen molar-refractivity contribution in [1.82, 2.24) is 10.2 Å². The Morgan fingerprint density at radius 3 is 2.21 bits per heavy atom. The van der Waals surface area contributed by atoms with Crippen molar-refractivity contribution < 1.29 is 18.0 Å². The molecule has 0 heterocycles. The third kappa shape index (κ3) is 7.32. The third-order valence-corrected chi connectivity index (χ3v) is 6.90. The molecule has 0 bridgehead atoms. The van der Waals surface area contributed by atoms with Crippen LogP contribution in [0.15, 0.2) is 48.5 Å². The van der Waals surface area contributed by atoms with Crippen LogP contribution in [0.5, 0.6) is 0 Å². The Labute approximate surface area is 197 Å². The molecule has 0 aliphatic rings. The number of carbonyl (C=O) groups excluding carboxylic acids is 2. The summed E-state index contributed by atoms with van der Waals surface area (Å²) in [5.41, 5.74) is 3.63. The number of sulfonamides is 1. The minimum Gasteiger partial charge on any atom is -0.357 e. The van der Waals surface area contributed by atoms with Gasteiger partial charge >= 0.3 is 0 Å². The van der Waals surface area contributed by atoms with Gasteiger partial charge in [-0.05, 0) is 49.9 Å². The average Bonchev–Trinajstić information content (AvgIpc) is 2.77. The molecule has 0 aliphatic heterocycles. The number of benzene rings is 2. The summed E-state index contributed by atoms with van der Waals surface area (Å²) in [6.07, 6.45) is 2.12. The van der Waals surface area contributed by atoms with Crippen LogP contribution in [0.3, 0.4) is 0 Å². The molecule has 0 aliphatic carbocycles. The highest BCUT2D eigenvalue weighted by Crippen LogP contribution is 2.20. The number of amides is 2. The lowest BCUT2D eigenvalue weighted by Crippen LogP contribution is -2.48. The van der Waals surface area contributed by atoms with E-state index in [9.17, 15) is 18.0 Å². The van der Waals surface area contributed by atoms with Gasteiger partial charge in [0, 0.05) is 26.6 Å². The van der Waals surface area contributed by atoms with Gasteiger partial charge in [-0.15, -0.1) is 0 Å². The van der Waals surface area contributed by atoms with Crippen LogP contribution in [0.2, 0.25) is 0 Å². The first-order chi connectivity index (χ1) is 15.6. The number of aryl methyl sites for hydroxylation is 2. The van der Waals surface area contributed by atoms with Gasteiger partial charge in [0.05, 0.1) is 11.9 Å². The van der Waals surface area contributed by atoms with Crippen LogP contribution in [0.25, 0.3) is 0 Å². The van der Waals surface area contributed by atoms with Gasteiger partial charge in [0.15, 0.2) is 0 Å². The average molecular weight is 474 g/mol.